The predicted octanol–water partition coefficient (Wildman–Crippen LogP) is 2.80. The minimum absolute atomic E-state index is 0.0895. The fraction of sp³-hybridized carbons (Fsp3) is 0.143. The van der Waals surface area contributed by atoms with Crippen LogP contribution in [0.1, 0.15) is 0 Å². The van der Waals surface area contributed by atoms with Gasteiger partial charge in [-0.3, -0.25) is 4.79 Å². The highest BCUT2D eigenvalue weighted by Gasteiger charge is 2.18. The third-order valence-corrected chi connectivity index (χ3v) is 3.82. The van der Waals surface area contributed by atoms with Crippen molar-refractivity contribution in [2.24, 2.45) is 10.2 Å². The van der Waals surface area contributed by atoms with Gasteiger partial charge in [-0.25, -0.2) is 5.10 Å². The van der Waals surface area contributed by atoms with E-state index in [1.807, 2.05) is 0 Å². The van der Waals surface area contributed by atoms with Gasteiger partial charge in [0, 0.05) is 11.5 Å². The molecule has 10 heteroatoms. The van der Waals surface area contributed by atoms with E-state index in [-0.39, 0.29) is 22.3 Å². The molecule has 9 nitrogen and oxygen atoms in total. The Kier molecular flexibility index (Phi) is 3.35. The van der Waals surface area contributed by atoms with Gasteiger partial charge in [0.1, 0.15) is 23.9 Å². The number of benzene rings is 1. The van der Waals surface area contributed by atoms with Crippen LogP contribution < -0.4 is 15.0 Å². The number of hydrogen-bond acceptors (Lipinski definition) is 7. The summed E-state index contributed by atoms with van der Waals surface area (Å²) < 4.78 is 11.0. The molecule has 0 amide bonds. The number of nitrogens with zero attached hydrogens (tertiary/aromatic N) is 3. The first-order valence-electron chi connectivity index (χ1n) is 6.92. The van der Waals surface area contributed by atoms with Crippen LogP contribution in [0, 0.1) is 0 Å². The maximum absolute atomic E-state index is 11.4. The molecule has 3 N–H and O–H groups in total. The van der Waals surface area contributed by atoms with Crippen molar-refractivity contribution in [1.29, 1.82) is 0 Å². The van der Waals surface area contributed by atoms with E-state index in [1.54, 1.807) is 12.1 Å². The van der Waals surface area contributed by atoms with E-state index in [0.717, 1.165) is 0 Å². The van der Waals surface area contributed by atoms with Crippen LogP contribution in [0.2, 0.25) is 5.02 Å². The van der Waals surface area contributed by atoms with E-state index in [2.05, 4.69) is 25.4 Å². The highest BCUT2D eigenvalue weighted by Crippen LogP contribution is 2.42. The van der Waals surface area contributed by atoms with Crippen LogP contribution in [0.4, 0.5) is 11.4 Å². The van der Waals surface area contributed by atoms with Gasteiger partial charge in [0.15, 0.2) is 17.2 Å². The smallest absolute Gasteiger partial charge is 0.285 e. The van der Waals surface area contributed by atoms with Gasteiger partial charge in [-0.2, -0.15) is 5.10 Å². The molecule has 4 rings (SSSR count). The van der Waals surface area contributed by atoms with E-state index in [1.165, 1.54) is 6.20 Å². The molecule has 0 fully saturated rings. The third-order valence-electron chi connectivity index (χ3n) is 3.45. The lowest BCUT2D eigenvalue weighted by Crippen LogP contribution is -2.15. The molecule has 24 heavy (non-hydrogen) atoms. The molecule has 0 atom stereocenters. The van der Waals surface area contributed by atoms with Crippen molar-refractivity contribution in [2.45, 2.75) is 0 Å². The van der Waals surface area contributed by atoms with E-state index in [4.69, 9.17) is 21.1 Å². The second-order valence-corrected chi connectivity index (χ2v) is 5.34. The van der Waals surface area contributed by atoms with Gasteiger partial charge < -0.3 is 19.6 Å². The highest BCUT2D eigenvalue weighted by atomic mass is 35.5. The molecule has 1 aliphatic heterocycles. The van der Waals surface area contributed by atoms with Crippen LogP contribution in [-0.4, -0.2) is 33.5 Å². The zero-order valence-electron chi connectivity index (χ0n) is 12.0. The van der Waals surface area contributed by atoms with Gasteiger partial charge in [0.25, 0.3) is 5.56 Å². The van der Waals surface area contributed by atoms with Crippen molar-refractivity contribution in [3.05, 3.63) is 33.7 Å². The fourth-order valence-electron chi connectivity index (χ4n) is 2.35. The summed E-state index contributed by atoms with van der Waals surface area (Å²) >= 11 is 5.84. The molecule has 0 radical (unpaired) electrons. The number of aromatic amines is 2. The molecule has 1 aliphatic rings. The largest absolute Gasteiger partial charge is 0.493 e. The first kappa shape index (κ1) is 14.5. The third kappa shape index (κ3) is 2.35. The number of fused-ring (bicyclic) bond motifs is 2. The second-order valence-electron chi connectivity index (χ2n) is 4.96. The van der Waals surface area contributed by atoms with E-state index in [9.17, 15) is 9.90 Å². The van der Waals surface area contributed by atoms with Gasteiger partial charge in [0.2, 0.25) is 5.88 Å². The van der Waals surface area contributed by atoms with E-state index in [0.29, 0.717) is 35.6 Å². The minimum atomic E-state index is -0.573. The Labute approximate surface area is 138 Å². The molecule has 0 spiro atoms. The van der Waals surface area contributed by atoms with E-state index >= 15 is 0 Å². The number of halogens is 1. The topological polar surface area (TPSA) is 125 Å². The number of ether oxygens (including phenoxy) is 2. The maximum atomic E-state index is 11.4. The lowest BCUT2D eigenvalue weighted by molar-refractivity contribution is 0.172. The van der Waals surface area contributed by atoms with Gasteiger partial charge in [0.05, 0.1) is 11.7 Å². The quantitative estimate of drug-likeness (QED) is 0.614. The summed E-state index contributed by atoms with van der Waals surface area (Å²) in [6.07, 6.45) is 1.26. The van der Waals surface area contributed by atoms with E-state index < -0.39 is 5.56 Å². The lowest BCUT2D eigenvalue weighted by Gasteiger charge is -2.18. The number of nitrogens with one attached hydrogen (secondary N) is 2. The molecule has 0 aliphatic carbocycles. The summed E-state index contributed by atoms with van der Waals surface area (Å²) in [5.41, 5.74) is 0.321. The summed E-state index contributed by atoms with van der Waals surface area (Å²) in [5.74, 6) is 0.963. The zero-order chi connectivity index (χ0) is 16.7. The van der Waals surface area contributed by atoms with Gasteiger partial charge in [-0.15, -0.1) is 10.2 Å². The molecule has 2 aromatic heterocycles. The first-order chi connectivity index (χ1) is 11.6. The van der Waals surface area contributed by atoms with Crippen LogP contribution in [0.3, 0.4) is 0 Å². The van der Waals surface area contributed by atoms with Crippen molar-refractivity contribution in [1.82, 2.24) is 15.2 Å². The normalized spacial score (nSPS) is 13.7. The summed E-state index contributed by atoms with van der Waals surface area (Å²) in [6.45, 7) is 0.908. The van der Waals surface area contributed by atoms with Gasteiger partial charge in [-0.1, -0.05) is 11.6 Å². The second kappa shape index (κ2) is 5.53. The Morgan fingerprint density at radius 3 is 2.75 bits per heavy atom. The summed E-state index contributed by atoms with van der Waals surface area (Å²) in [5, 5.41) is 24.2. The van der Waals surface area contributed by atoms with Crippen molar-refractivity contribution in [2.75, 3.05) is 13.2 Å². The van der Waals surface area contributed by atoms with Crippen molar-refractivity contribution < 1.29 is 14.6 Å². The average Bonchev–Trinajstić information content (AvgIpc) is 2.88. The Hall–Kier alpha value is -3.07. The molecular weight excluding hydrogens is 338 g/mol. The molecule has 3 aromatic rings. The van der Waals surface area contributed by atoms with Gasteiger partial charge in [-0.05, 0) is 6.07 Å². The molecule has 122 valence electrons. The standard InChI is InChI=1S/C14H10ClN5O4/c15-11-8(5-16-20-13(11)21)18-19-12-6-3-9-10(24-2-1-23-9)4-7(6)17-14(12)22/h3-5,17,22H,1-2H2,(H,20,21). The van der Waals surface area contributed by atoms with Crippen LogP contribution in [0.15, 0.2) is 33.4 Å². The number of H-pyrrole nitrogens is 2. The Morgan fingerprint density at radius 2 is 1.96 bits per heavy atom. The number of hydrogen-bond donors (Lipinski definition) is 3. The van der Waals surface area contributed by atoms with Crippen molar-refractivity contribution in [3.63, 3.8) is 0 Å². The summed E-state index contributed by atoms with van der Waals surface area (Å²) in [4.78, 5) is 14.2. The molecule has 0 unspecified atom stereocenters. The van der Waals surface area contributed by atoms with Crippen LogP contribution >= 0.6 is 11.6 Å². The predicted molar refractivity (Wildman–Crippen MR) is 85.0 cm³/mol. The molecule has 3 heterocycles. The minimum Gasteiger partial charge on any atom is -0.493 e. The lowest BCUT2D eigenvalue weighted by atomic mass is 10.2. The monoisotopic (exact) mass is 347 g/mol. The maximum Gasteiger partial charge on any atom is 0.285 e. The summed E-state index contributed by atoms with van der Waals surface area (Å²) in [6, 6.07) is 3.41. The average molecular weight is 348 g/mol. The SMILES string of the molecule is O=c1[nH]ncc(N=Nc2c(O)[nH]c3cc4c(cc23)OCCO4)c1Cl. The Bertz CT molecular complexity index is 1030. The summed E-state index contributed by atoms with van der Waals surface area (Å²) in [7, 11) is 0. The number of rotatable bonds is 2. The number of aromatic hydroxyl groups is 1. The van der Waals surface area contributed by atoms with Gasteiger partial charge >= 0.3 is 0 Å². The fourth-order valence-corrected chi connectivity index (χ4v) is 2.48. The highest BCUT2D eigenvalue weighted by molar-refractivity contribution is 6.32. The number of aromatic nitrogens is 3. The molecule has 1 aromatic carbocycles. The molecule has 0 bridgehead atoms. The first-order valence-corrected chi connectivity index (χ1v) is 7.30. The van der Waals surface area contributed by atoms with Crippen LogP contribution in [0.25, 0.3) is 10.9 Å². The molecule has 0 saturated carbocycles. The Balaban J connectivity index is 1.81. The Morgan fingerprint density at radius 1 is 1.21 bits per heavy atom. The van der Waals surface area contributed by atoms with Crippen molar-refractivity contribution in [3.8, 4) is 17.4 Å². The number of azo groups is 1. The molecule has 0 saturated heterocycles. The molecular formula is C14H10ClN5O4. The van der Waals surface area contributed by atoms with Crippen LogP contribution in [0.5, 0.6) is 17.4 Å². The zero-order valence-corrected chi connectivity index (χ0v) is 12.8. The van der Waals surface area contributed by atoms with Crippen LogP contribution in [-0.2, 0) is 0 Å². The van der Waals surface area contributed by atoms with Crippen molar-refractivity contribution >= 4 is 33.9 Å².